The number of hydrogen-bond acceptors (Lipinski definition) is 3. The summed E-state index contributed by atoms with van der Waals surface area (Å²) in [6.07, 6.45) is 3.57. The number of carbonyl (C=O) groups is 2. The van der Waals surface area contributed by atoms with Crippen LogP contribution in [0.25, 0.3) is 0 Å². The van der Waals surface area contributed by atoms with Gasteiger partial charge in [-0.25, -0.2) is 0 Å². The van der Waals surface area contributed by atoms with Crippen molar-refractivity contribution < 1.29 is 14.3 Å². The fourth-order valence-corrected chi connectivity index (χ4v) is 3.71. The summed E-state index contributed by atoms with van der Waals surface area (Å²) in [5, 5.41) is 3.47. The van der Waals surface area contributed by atoms with Crippen molar-refractivity contribution in [3.8, 4) is 5.75 Å². The van der Waals surface area contributed by atoms with Gasteiger partial charge in [-0.2, -0.15) is 0 Å². The quantitative estimate of drug-likeness (QED) is 0.742. The second-order valence-electron chi connectivity index (χ2n) is 7.30. The molecule has 0 unspecified atom stereocenters. The standard InChI is InChI=1S/C23H27ClN2O3/c1-2-5-17-8-10-19(11-9-17)29-16-22(27)25-18-12-14-26(15-13-18)23(28)20-6-3-4-7-21(20)24/h3-4,6-11,18H,2,5,12-16H2,1H3,(H,25,27). The van der Waals surface area contributed by atoms with E-state index in [1.807, 2.05) is 36.4 Å². The zero-order valence-corrected chi connectivity index (χ0v) is 17.5. The van der Waals surface area contributed by atoms with E-state index < -0.39 is 0 Å². The third-order valence-electron chi connectivity index (χ3n) is 5.08. The smallest absolute Gasteiger partial charge is 0.258 e. The van der Waals surface area contributed by atoms with Crippen LogP contribution in [0, 0.1) is 0 Å². The number of ether oxygens (including phenoxy) is 1. The average Bonchev–Trinajstić information content (AvgIpc) is 2.74. The maximum atomic E-state index is 12.6. The number of hydrogen-bond donors (Lipinski definition) is 1. The van der Waals surface area contributed by atoms with E-state index >= 15 is 0 Å². The molecule has 0 aliphatic carbocycles. The molecule has 1 aliphatic rings. The van der Waals surface area contributed by atoms with Gasteiger partial charge < -0.3 is 15.0 Å². The third kappa shape index (κ3) is 5.97. The highest BCUT2D eigenvalue weighted by molar-refractivity contribution is 6.33. The lowest BCUT2D eigenvalue weighted by Gasteiger charge is -2.32. The highest BCUT2D eigenvalue weighted by Gasteiger charge is 2.25. The van der Waals surface area contributed by atoms with E-state index in [0.717, 1.165) is 12.8 Å². The molecule has 3 rings (SSSR count). The zero-order chi connectivity index (χ0) is 20.6. The first-order chi connectivity index (χ1) is 14.1. The van der Waals surface area contributed by atoms with Crippen LogP contribution in [0.15, 0.2) is 48.5 Å². The lowest BCUT2D eigenvalue weighted by molar-refractivity contribution is -0.124. The van der Waals surface area contributed by atoms with E-state index in [9.17, 15) is 9.59 Å². The Labute approximate surface area is 177 Å². The Morgan fingerprint density at radius 2 is 1.79 bits per heavy atom. The number of halogens is 1. The summed E-state index contributed by atoms with van der Waals surface area (Å²) in [6.45, 7) is 3.32. The molecule has 1 N–H and O–H groups in total. The van der Waals surface area contributed by atoms with Crippen molar-refractivity contribution in [2.75, 3.05) is 19.7 Å². The molecule has 2 aromatic carbocycles. The molecule has 0 aromatic heterocycles. The molecule has 2 amide bonds. The Kier molecular flexibility index (Phi) is 7.53. The molecule has 1 aliphatic heterocycles. The number of nitrogens with one attached hydrogen (secondary N) is 1. The van der Waals surface area contributed by atoms with Crippen LogP contribution in [-0.4, -0.2) is 42.5 Å². The SMILES string of the molecule is CCCc1ccc(OCC(=O)NC2CCN(C(=O)c3ccccc3Cl)CC2)cc1. The molecule has 0 atom stereocenters. The van der Waals surface area contributed by atoms with E-state index in [1.165, 1.54) is 5.56 Å². The lowest BCUT2D eigenvalue weighted by atomic mass is 10.0. The van der Waals surface area contributed by atoms with E-state index in [4.69, 9.17) is 16.3 Å². The number of benzene rings is 2. The summed E-state index contributed by atoms with van der Waals surface area (Å²) in [5.41, 5.74) is 1.79. The zero-order valence-electron chi connectivity index (χ0n) is 16.7. The monoisotopic (exact) mass is 414 g/mol. The van der Waals surface area contributed by atoms with Gasteiger partial charge in [-0.1, -0.05) is 49.2 Å². The van der Waals surface area contributed by atoms with Gasteiger partial charge in [0, 0.05) is 19.1 Å². The summed E-state index contributed by atoms with van der Waals surface area (Å²) >= 11 is 6.13. The fourth-order valence-electron chi connectivity index (χ4n) is 3.49. The predicted molar refractivity (Wildman–Crippen MR) is 114 cm³/mol. The molecule has 1 saturated heterocycles. The maximum absolute atomic E-state index is 12.6. The van der Waals surface area contributed by atoms with Crippen molar-refractivity contribution in [1.29, 1.82) is 0 Å². The molecule has 1 fully saturated rings. The van der Waals surface area contributed by atoms with Gasteiger partial charge >= 0.3 is 0 Å². The number of carbonyl (C=O) groups excluding carboxylic acids is 2. The second-order valence-corrected chi connectivity index (χ2v) is 7.70. The van der Waals surface area contributed by atoms with Crippen molar-refractivity contribution in [2.24, 2.45) is 0 Å². The molecule has 2 aromatic rings. The van der Waals surface area contributed by atoms with Crippen molar-refractivity contribution in [3.05, 3.63) is 64.7 Å². The van der Waals surface area contributed by atoms with Crippen LogP contribution < -0.4 is 10.1 Å². The van der Waals surface area contributed by atoms with E-state index in [2.05, 4.69) is 12.2 Å². The normalized spacial score (nSPS) is 14.5. The summed E-state index contributed by atoms with van der Waals surface area (Å²) in [6, 6.07) is 15.0. The highest BCUT2D eigenvalue weighted by Crippen LogP contribution is 2.20. The lowest BCUT2D eigenvalue weighted by Crippen LogP contribution is -2.47. The van der Waals surface area contributed by atoms with Crippen LogP contribution in [0.5, 0.6) is 5.75 Å². The number of amides is 2. The average molecular weight is 415 g/mol. The molecule has 6 heteroatoms. The number of piperidine rings is 1. The van der Waals surface area contributed by atoms with Crippen LogP contribution >= 0.6 is 11.6 Å². The van der Waals surface area contributed by atoms with Crippen molar-refractivity contribution in [2.45, 2.75) is 38.6 Å². The summed E-state index contributed by atoms with van der Waals surface area (Å²) < 4.78 is 5.58. The van der Waals surface area contributed by atoms with Crippen LogP contribution in [0.2, 0.25) is 5.02 Å². The Morgan fingerprint density at radius 1 is 1.10 bits per heavy atom. The molecule has 1 heterocycles. The molecule has 0 saturated carbocycles. The second kappa shape index (κ2) is 10.3. The van der Waals surface area contributed by atoms with Gasteiger partial charge in [-0.3, -0.25) is 9.59 Å². The highest BCUT2D eigenvalue weighted by atomic mass is 35.5. The Hall–Kier alpha value is -2.53. The third-order valence-corrected chi connectivity index (χ3v) is 5.41. The molecular weight excluding hydrogens is 388 g/mol. The number of nitrogens with zero attached hydrogens (tertiary/aromatic N) is 1. The Bertz CT molecular complexity index is 830. The molecule has 0 spiro atoms. The largest absolute Gasteiger partial charge is 0.484 e. The minimum atomic E-state index is -0.140. The summed E-state index contributed by atoms with van der Waals surface area (Å²) in [7, 11) is 0. The first kappa shape index (κ1) is 21.2. The Balaban J connectivity index is 1.41. The fraction of sp³-hybridized carbons (Fsp3) is 0.391. The number of aryl methyl sites for hydroxylation is 1. The van der Waals surface area contributed by atoms with E-state index in [0.29, 0.717) is 42.3 Å². The molecular formula is C23H27ClN2O3. The number of rotatable bonds is 7. The van der Waals surface area contributed by atoms with Gasteiger partial charge in [0.2, 0.25) is 0 Å². The van der Waals surface area contributed by atoms with Crippen LogP contribution in [0.3, 0.4) is 0 Å². The van der Waals surface area contributed by atoms with Crippen molar-refractivity contribution >= 4 is 23.4 Å². The molecule has 0 bridgehead atoms. The first-order valence-corrected chi connectivity index (χ1v) is 10.5. The minimum Gasteiger partial charge on any atom is -0.484 e. The van der Waals surface area contributed by atoms with Gasteiger partial charge in [-0.15, -0.1) is 0 Å². The van der Waals surface area contributed by atoms with E-state index in [1.54, 1.807) is 17.0 Å². The molecule has 5 nitrogen and oxygen atoms in total. The summed E-state index contributed by atoms with van der Waals surface area (Å²) in [4.78, 5) is 26.6. The predicted octanol–water partition coefficient (Wildman–Crippen LogP) is 4.09. The summed E-state index contributed by atoms with van der Waals surface area (Å²) in [5.74, 6) is 0.494. The van der Waals surface area contributed by atoms with Crippen LogP contribution in [0.1, 0.15) is 42.1 Å². The van der Waals surface area contributed by atoms with Gasteiger partial charge in [-0.05, 0) is 49.1 Å². The van der Waals surface area contributed by atoms with Crippen LogP contribution in [0.4, 0.5) is 0 Å². The van der Waals surface area contributed by atoms with Gasteiger partial charge in [0.25, 0.3) is 11.8 Å². The van der Waals surface area contributed by atoms with Crippen molar-refractivity contribution in [1.82, 2.24) is 10.2 Å². The van der Waals surface area contributed by atoms with Crippen LogP contribution in [-0.2, 0) is 11.2 Å². The molecule has 0 radical (unpaired) electrons. The number of likely N-dealkylation sites (tertiary alicyclic amines) is 1. The molecule has 154 valence electrons. The van der Waals surface area contributed by atoms with E-state index in [-0.39, 0.29) is 24.5 Å². The van der Waals surface area contributed by atoms with Gasteiger partial charge in [0.15, 0.2) is 6.61 Å². The van der Waals surface area contributed by atoms with Crippen molar-refractivity contribution in [3.63, 3.8) is 0 Å². The van der Waals surface area contributed by atoms with Gasteiger partial charge in [0.05, 0.1) is 10.6 Å². The topological polar surface area (TPSA) is 58.6 Å². The van der Waals surface area contributed by atoms with Gasteiger partial charge in [0.1, 0.15) is 5.75 Å². The molecule has 29 heavy (non-hydrogen) atoms. The minimum absolute atomic E-state index is 0.00804. The maximum Gasteiger partial charge on any atom is 0.258 e. The Morgan fingerprint density at radius 3 is 2.45 bits per heavy atom. The first-order valence-electron chi connectivity index (χ1n) is 10.1.